The third kappa shape index (κ3) is 4.84. The highest BCUT2D eigenvalue weighted by atomic mass is 32.2. The molecular formula is C16H22N4O3S. The zero-order valence-corrected chi connectivity index (χ0v) is 15.0. The molecule has 2 N–H and O–H groups in total. The Balaban J connectivity index is 2.13. The lowest BCUT2D eigenvalue weighted by atomic mass is 10.2. The average molecular weight is 350 g/mol. The second kappa shape index (κ2) is 7.50. The predicted molar refractivity (Wildman–Crippen MR) is 96.0 cm³/mol. The number of anilines is 3. The van der Waals surface area contributed by atoms with E-state index in [9.17, 15) is 8.42 Å². The summed E-state index contributed by atoms with van der Waals surface area (Å²) in [5.41, 5.74) is 1.54. The zero-order chi connectivity index (χ0) is 17.7. The Labute approximate surface area is 142 Å². The Morgan fingerprint density at radius 1 is 1.12 bits per heavy atom. The van der Waals surface area contributed by atoms with Crippen LogP contribution in [0.3, 0.4) is 0 Å². The Morgan fingerprint density at radius 3 is 2.42 bits per heavy atom. The molecule has 0 atom stereocenters. The van der Waals surface area contributed by atoms with Crippen molar-refractivity contribution >= 4 is 27.4 Å². The Hall–Kier alpha value is -2.32. The standard InChI is InChI=1S/C16H22N4O3S/c1-12(2)23-15-8-6-5-7-14(15)18-13-9-10-16(17-11-13)19-24(21,22)20(3)4/h5-12,18H,1-4H3,(H,17,19). The van der Waals surface area contributed by atoms with Crippen LogP contribution in [0, 0.1) is 0 Å². The van der Waals surface area contributed by atoms with Crippen molar-refractivity contribution in [1.82, 2.24) is 9.29 Å². The van der Waals surface area contributed by atoms with E-state index in [2.05, 4.69) is 15.0 Å². The first-order chi connectivity index (χ1) is 11.3. The van der Waals surface area contributed by atoms with Crippen molar-refractivity contribution in [2.24, 2.45) is 0 Å². The molecule has 1 aromatic heterocycles. The van der Waals surface area contributed by atoms with Crippen molar-refractivity contribution in [2.75, 3.05) is 24.1 Å². The number of nitrogens with zero attached hydrogens (tertiary/aromatic N) is 2. The van der Waals surface area contributed by atoms with Gasteiger partial charge in [0.05, 0.1) is 23.7 Å². The summed E-state index contributed by atoms with van der Waals surface area (Å²) in [7, 11) is -0.666. The molecule has 0 amide bonds. The van der Waals surface area contributed by atoms with E-state index < -0.39 is 10.2 Å². The van der Waals surface area contributed by atoms with Crippen LogP contribution in [0.2, 0.25) is 0 Å². The molecule has 0 unspecified atom stereocenters. The maximum absolute atomic E-state index is 11.8. The normalized spacial score (nSPS) is 11.6. The van der Waals surface area contributed by atoms with Gasteiger partial charge in [0.15, 0.2) is 0 Å². The van der Waals surface area contributed by atoms with Crippen molar-refractivity contribution in [3.63, 3.8) is 0 Å². The van der Waals surface area contributed by atoms with Gasteiger partial charge in [0.25, 0.3) is 0 Å². The van der Waals surface area contributed by atoms with Crippen LogP contribution in [0.5, 0.6) is 5.75 Å². The highest BCUT2D eigenvalue weighted by Gasteiger charge is 2.13. The average Bonchev–Trinajstić information content (AvgIpc) is 2.50. The first-order valence-electron chi connectivity index (χ1n) is 7.47. The quantitative estimate of drug-likeness (QED) is 0.802. The molecule has 2 aromatic rings. The lowest BCUT2D eigenvalue weighted by Crippen LogP contribution is -2.29. The van der Waals surface area contributed by atoms with Gasteiger partial charge >= 0.3 is 10.2 Å². The summed E-state index contributed by atoms with van der Waals surface area (Å²) in [4.78, 5) is 4.11. The van der Waals surface area contributed by atoms with Crippen LogP contribution >= 0.6 is 0 Å². The van der Waals surface area contributed by atoms with Gasteiger partial charge < -0.3 is 10.1 Å². The summed E-state index contributed by atoms with van der Waals surface area (Å²) in [5, 5.41) is 3.22. The van der Waals surface area contributed by atoms with E-state index in [0.717, 1.165) is 21.4 Å². The van der Waals surface area contributed by atoms with Crippen molar-refractivity contribution in [3.05, 3.63) is 42.6 Å². The molecule has 0 aliphatic rings. The molecule has 1 heterocycles. The third-order valence-electron chi connectivity index (χ3n) is 3.01. The van der Waals surface area contributed by atoms with Crippen LogP contribution in [0.25, 0.3) is 0 Å². The fourth-order valence-electron chi connectivity index (χ4n) is 1.83. The second-order valence-corrected chi connectivity index (χ2v) is 7.49. The fraction of sp³-hybridized carbons (Fsp3) is 0.312. The lowest BCUT2D eigenvalue weighted by molar-refractivity contribution is 0.244. The third-order valence-corrected chi connectivity index (χ3v) is 4.44. The molecule has 0 fully saturated rings. The van der Waals surface area contributed by atoms with Crippen LogP contribution < -0.4 is 14.8 Å². The molecule has 130 valence electrons. The molecule has 0 saturated carbocycles. The first kappa shape index (κ1) is 18.0. The Kier molecular flexibility index (Phi) is 5.63. The van der Waals surface area contributed by atoms with Gasteiger partial charge in [0.2, 0.25) is 0 Å². The zero-order valence-electron chi connectivity index (χ0n) is 14.1. The van der Waals surface area contributed by atoms with Gasteiger partial charge in [0, 0.05) is 14.1 Å². The molecule has 0 radical (unpaired) electrons. The molecular weight excluding hydrogens is 328 g/mol. The second-order valence-electron chi connectivity index (χ2n) is 5.61. The summed E-state index contributed by atoms with van der Waals surface area (Å²) < 4.78 is 32.7. The maximum Gasteiger partial charge on any atom is 0.302 e. The minimum Gasteiger partial charge on any atom is -0.489 e. The topological polar surface area (TPSA) is 83.6 Å². The van der Waals surface area contributed by atoms with E-state index in [1.54, 1.807) is 18.3 Å². The number of hydrogen-bond acceptors (Lipinski definition) is 5. The maximum atomic E-state index is 11.8. The van der Waals surface area contributed by atoms with Gasteiger partial charge in [0.1, 0.15) is 11.6 Å². The van der Waals surface area contributed by atoms with E-state index in [1.165, 1.54) is 14.1 Å². The fourth-order valence-corrected chi connectivity index (χ4v) is 2.40. The monoisotopic (exact) mass is 350 g/mol. The summed E-state index contributed by atoms with van der Waals surface area (Å²) in [5.74, 6) is 0.992. The van der Waals surface area contributed by atoms with E-state index in [-0.39, 0.29) is 11.9 Å². The van der Waals surface area contributed by atoms with E-state index >= 15 is 0 Å². The molecule has 8 heteroatoms. The summed E-state index contributed by atoms with van der Waals surface area (Å²) >= 11 is 0. The molecule has 0 aliphatic carbocycles. The van der Waals surface area contributed by atoms with E-state index in [0.29, 0.717) is 0 Å². The van der Waals surface area contributed by atoms with Crippen LogP contribution in [0.1, 0.15) is 13.8 Å². The van der Waals surface area contributed by atoms with Crippen molar-refractivity contribution < 1.29 is 13.2 Å². The van der Waals surface area contributed by atoms with Crippen molar-refractivity contribution in [3.8, 4) is 5.75 Å². The number of para-hydroxylation sites is 2. The first-order valence-corrected chi connectivity index (χ1v) is 8.91. The minimum atomic E-state index is -3.56. The van der Waals surface area contributed by atoms with E-state index in [1.807, 2.05) is 38.1 Å². The van der Waals surface area contributed by atoms with E-state index in [4.69, 9.17) is 4.74 Å². The van der Waals surface area contributed by atoms with Crippen molar-refractivity contribution in [1.29, 1.82) is 0 Å². The van der Waals surface area contributed by atoms with Crippen LogP contribution in [-0.2, 0) is 10.2 Å². The summed E-state index contributed by atoms with van der Waals surface area (Å²) in [6.45, 7) is 3.92. The Bertz CT molecular complexity index is 774. The Morgan fingerprint density at radius 2 is 1.83 bits per heavy atom. The van der Waals surface area contributed by atoms with Crippen molar-refractivity contribution in [2.45, 2.75) is 20.0 Å². The number of nitrogens with one attached hydrogen (secondary N) is 2. The van der Waals surface area contributed by atoms with Crippen LogP contribution in [0.4, 0.5) is 17.2 Å². The van der Waals surface area contributed by atoms with Gasteiger partial charge in [-0.05, 0) is 38.1 Å². The number of benzene rings is 1. The number of hydrogen-bond donors (Lipinski definition) is 2. The van der Waals surface area contributed by atoms with Gasteiger partial charge in [-0.15, -0.1) is 0 Å². The number of aromatic nitrogens is 1. The molecule has 1 aromatic carbocycles. The molecule has 0 spiro atoms. The van der Waals surface area contributed by atoms with Gasteiger partial charge in [-0.1, -0.05) is 12.1 Å². The number of pyridine rings is 1. The molecule has 0 saturated heterocycles. The van der Waals surface area contributed by atoms with Gasteiger partial charge in [-0.25, -0.2) is 4.98 Å². The number of ether oxygens (including phenoxy) is 1. The molecule has 7 nitrogen and oxygen atoms in total. The smallest absolute Gasteiger partial charge is 0.302 e. The molecule has 24 heavy (non-hydrogen) atoms. The predicted octanol–water partition coefficient (Wildman–Crippen LogP) is 2.83. The summed E-state index contributed by atoms with van der Waals surface area (Å²) in [6, 6.07) is 10.9. The minimum absolute atomic E-state index is 0.0638. The SMILES string of the molecule is CC(C)Oc1ccccc1Nc1ccc(NS(=O)(=O)N(C)C)nc1. The molecule has 0 bridgehead atoms. The van der Waals surface area contributed by atoms with Gasteiger partial charge in [-0.2, -0.15) is 12.7 Å². The van der Waals surface area contributed by atoms with Gasteiger partial charge in [-0.3, -0.25) is 4.72 Å². The molecule has 2 rings (SSSR count). The number of rotatable bonds is 7. The van der Waals surface area contributed by atoms with Crippen LogP contribution in [0.15, 0.2) is 42.6 Å². The highest BCUT2D eigenvalue weighted by molar-refractivity contribution is 7.90. The highest BCUT2D eigenvalue weighted by Crippen LogP contribution is 2.28. The molecule has 0 aliphatic heterocycles. The lowest BCUT2D eigenvalue weighted by Gasteiger charge is -2.16. The van der Waals surface area contributed by atoms with Crippen LogP contribution in [-0.4, -0.2) is 37.9 Å². The largest absolute Gasteiger partial charge is 0.489 e. The summed E-state index contributed by atoms with van der Waals surface area (Å²) in [6.07, 6.45) is 1.62.